The van der Waals surface area contributed by atoms with E-state index in [4.69, 9.17) is 9.97 Å². The monoisotopic (exact) mass is 690 g/mol. The summed E-state index contributed by atoms with van der Waals surface area (Å²) in [5, 5.41) is 7.12. The van der Waals surface area contributed by atoms with Crippen LogP contribution in [-0.2, 0) is 0 Å². The zero-order chi connectivity index (χ0) is 35.8. The number of rotatable bonds is 6. The zero-order valence-corrected chi connectivity index (χ0v) is 29.0. The summed E-state index contributed by atoms with van der Waals surface area (Å²) in [7, 11) is 0. The third kappa shape index (κ3) is 5.63. The third-order valence-electron chi connectivity index (χ3n) is 10.0. The number of fused-ring (bicyclic) bond motifs is 5. The van der Waals surface area contributed by atoms with E-state index in [1.807, 2.05) is 85.8 Å². The number of hydrogen-bond donors (Lipinski definition) is 0. The van der Waals surface area contributed by atoms with Crippen LogP contribution in [0.2, 0.25) is 0 Å². The van der Waals surface area contributed by atoms with Crippen molar-refractivity contribution in [1.29, 1.82) is 0 Å². The fraction of sp³-hybridized carbons (Fsp3) is 0. The largest absolute Gasteiger partial charge is 0.265 e. The van der Waals surface area contributed by atoms with Crippen LogP contribution >= 0.6 is 0 Å². The van der Waals surface area contributed by atoms with Gasteiger partial charge in [0.05, 0.1) is 22.8 Å². The number of benzene rings is 4. The van der Waals surface area contributed by atoms with E-state index < -0.39 is 0 Å². The van der Waals surface area contributed by atoms with Crippen LogP contribution in [0.5, 0.6) is 0 Å². The van der Waals surface area contributed by atoms with E-state index >= 15 is 0 Å². The Kier molecular flexibility index (Phi) is 7.69. The van der Waals surface area contributed by atoms with Crippen molar-refractivity contribution < 1.29 is 0 Å². The van der Waals surface area contributed by atoms with E-state index in [9.17, 15) is 0 Å². The normalized spacial score (nSPS) is 11.3. The highest BCUT2D eigenvalue weighted by molar-refractivity contribution is 6.26. The van der Waals surface area contributed by atoms with Gasteiger partial charge in [-0.05, 0) is 140 Å². The molecule has 6 aromatic heterocycles. The van der Waals surface area contributed by atoms with Crippen LogP contribution in [-0.4, -0.2) is 29.9 Å². The first-order chi connectivity index (χ1) is 26.8. The van der Waals surface area contributed by atoms with Crippen LogP contribution in [0.25, 0.3) is 99.6 Å². The van der Waals surface area contributed by atoms with Crippen LogP contribution in [0.4, 0.5) is 0 Å². The van der Waals surface area contributed by atoms with Crippen molar-refractivity contribution >= 4 is 32.3 Å². The lowest BCUT2D eigenvalue weighted by atomic mass is 9.87. The molecule has 0 fully saturated rings. The summed E-state index contributed by atoms with van der Waals surface area (Å²) in [4.78, 5) is 27.5. The van der Waals surface area contributed by atoms with Gasteiger partial charge in [0, 0.05) is 71.8 Å². The maximum Gasteiger partial charge on any atom is 0.0731 e. The molecule has 6 nitrogen and oxygen atoms in total. The standard InChI is InChI=1S/C48H30N6/c1-3-9-40-38(7-1)42(35-26-44(31-11-18-49-19-12-31)53-45(27-35)32-13-20-50-21-14-32)24-37-25-43(39-8-2-4-10-41(39)48(37)40)36-28-46(33-15-22-51-23-16-33)54-47(29-36)34-6-5-17-52-30-34/h1-30H. The summed E-state index contributed by atoms with van der Waals surface area (Å²) < 4.78 is 0. The van der Waals surface area contributed by atoms with Crippen molar-refractivity contribution in [1.82, 2.24) is 29.9 Å². The number of pyridine rings is 6. The number of nitrogens with zero attached hydrogens (tertiary/aromatic N) is 6. The fourth-order valence-electron chi connectivity index (χ4n) is 7.50. The average molecular weight is 691 g/mol. The Morgan fingerprint density at radius 1 is 0.296 bits per heavy atom. The highest BCUT2D eigenvalue weighted by Gasteiger charge is 2.18. The van der Waals surface area contributed by atoms with Crippen LogP contribution in [0.3, 0.4) is 0 Å². The van der Waals surface area contributed by atoms with Gasteiger partial charge in [0.1, 0.15) is 0 Å². The van der Waals surface area contributed by atoms with Crippen LogP contribution < -0.4 is 0 Å². The molecule has 0 saturated heterocycles. The Morgan fingerprint density at radius 2 is 0.704 bits per heavy atom. The first-order valence-corrected chi connectivity index (χ1v) is 17.8. The molecule has 0 atom stereocenters. The smallest absolute Gasteiger partial charge is 0.0731 e. The van der Waals surface area contributed by atoms with E-state index in [-0.39, 0.29) is 0 Å². The Balaban J connectivity index is 1.26. The van der Waals surface area contributed by atoms with Crippen molar-refractivity contribution in [2.75, 3.05) is 0 Å². The molecule has 0 aliphatic rings. The number of hydrogen-bond acceptors (Lipinski definition) is 6. The predicted octanol–water partition coefficient (Wildman–Crippen LogP) is 11.5. The molecule has 0 radical (unpaired) electrons. The molecule has 54 heavy (non-hydrogen) atoms. The minimum absolute atomic E-state index is 0.861. The average Bonchev–Trinajstić information content (AvgIpc) is 3.26. The van der Waals surface area contributed by atoms with Gasteiger partial charge >= 0.3 is 0 Å². The second-order valence-electron chi connectivity index (χ2n) is 13.2. The Morgan fingerprint density at radius 3 is 1.11 bits per heavy atom. The van der Waals surface area contributed by atoms with Gasteiger partial charge in [-0.15, -0.1) is 0 Å². The summed E-state index contributed by atoms with van der Waals surface area (Å²) >= 11 is 0. The highest BCUT2D eigenvalue weighted by atomic mass is 14.7. The van der Waals surface area contributed by atoms with Crippen molar-refractivity contribution in [3.63, 3.8) is 0 Å². The maximum absolute atomic E-state index is 5.13. The Labute approximate surface area is 311 Å². The second kappa shape index (κ2) is 13.3. The SMILES string of the molecule is c1cncc(-c2cc(-c3cc4cc(-c5cc(-c6ccncc6)nc(-c6ccncc6)c5)c5ccccc5c4c4ccccc34)cc(-c3ccncc3)n2)c1. The van der Waals surface area contributed by atoms with Gasteiger partial charge in [-0.2, -0.15) is 0 Å². The molecule has 10 rings (SSSR count). The maximum atomic E-state index is 5.13. The van der Waals surface area contributed by atoms with Crippen molar-refractivity contribution in [3.8, 4) is 67.3 Å². The lowest BCUT2D eigenvalue weighted by Crippen LogP contribution is -1.94. The number of aromatic nitrogens is 6. The molecule has 252 valence electrons. The Bertz CT molecular complexity index is 2650. The lowest BCUT2D eigenvalue weighted by Gasteiger charge is -2.18. The Hall–Kier alpha value is -7.44. The van der Waals surface area contributed by atoms with Gasteiger partial charge in [-0.25, -0.2) is 9.97 Å². The van der Waals surface area contributed by atoms with Crippen molar-refractivity contribution in [3.05, 3.63) is 183 Å². The fourth-order valence-corrected chi connectivity index (χ4v) is 7.50. The predicted molar refractivity (Wildman–Crippen MR) is 218 cm³/mol. The molecule has 0 bridgehead atoms. The summed E-state index contributed by atoms with van der Waals surface area (Å²) in [5.74, 6) is 0. The van der Waals surface area contributed by atoms with Gasteiger partial charge < -0.3 is 0 Å². The van der Waals surface area contributed by atoms with Crippen LogP contribution in [0.1, 0.15) is 0 Å². The molecule has 6 heterocycles. The molecule has 0 N–H and O–H groups in total. The molecule has 0 aliphatic carbocycles. The highest BCUT2D eigenvalue weighted by Crippen LogP contribution is 2.44. The topological polar surface area (TPSA) is 77.3 Å². The van der Waals surface area contributed by atoms with Crippen LogP contribution in [0, 0.1) is 0 Å². The van der Waals surface area contributed by atoms with Crippen molar-refractivity contribution in [2.45, 2.75) is 0 Å². The second-order valence-corrected chi connectivity index (χ2v) is 13.2. The molecule has 6 heteroatoms. The summed E-state index contributed by atoms with van der Waals surface area (Å²) in [5.41, 5.74) is 11.9. The molecule has 0 spiro atoms. The van der Waals surface area contributed by atoms with Gasteiger partial charge in [0.25, 0.3) is 0 Å². The van der Waals surface area contributed by atoms with E-state index in [1.165, 1.54) is 26.9 Å². The minimum atomic E-state index is 0.861. The minimum Gasteiger partial charge on any atom is -0.265 e. The molecule has 0 aliphatic heterocycles. The first kappa shape index (κ1) is 31.3. The summed E-state index contributed by atoms with van der Waals surface area (Å²) in [6, 6.07) is 47.0. The van der Waals surface area contributed by atoms with E-state index in [1.54, 1.807) is 6.20 Å². The lowest BCUT2D eigenvalue weighted by molar-refractivity contribution is 1.27. The zero-order valence-electron chi connectivity index (χ0n) is 29.0. The van der Waals surface area contributed by atoms with Gasteiger partial charge in [0.2, 0.25) is 0 Å². The summed E-state index contributed by atoms with van der Waals surface area (Å²) in [6.07, 6.45) is 14.5. The molecule has 0 amide bonds. The molecular weight excluding hydrogens is 661 g/mol. The molecule has 4 aromatic carbocycles. The quantitative estimate of drug-likeness (QED) is 0.162. The van der Waals surface area contributed by atoms with Crippen molar-refractivity contribution in [2.24, 2.45) is 0 Å². The van der Waals surface area contributed by atoms with Gasteiger partial charge in [0.15, 0.2) is 0 Å². The van der Waals surface area contributed by atoms with Crippen LogP contribution in [0.15, 0.2) is 183 Å². The molecule has 10 aromatic rings. The summed E-state index contributed by atoms with van der Waals surface area (Å²) in [6.45, 7) is 0. The van der Waals surface area contributed by atoms with E-state index in [2.05, 4.69) is 111 Å². The van der Waals surface area contributed by atoms with E-state index in [0.717, 1.165) is 72.7 Å². The third-order valence-corrected chi connectivity index (χ3v) is 10.0. The molecule has 0 saturated carbocycles. The molecule has 0 unspecified atom stereocenters. The van der Waals surface area contributed by atoms with Gasteiger partial charge in [-0.3, -0.25) is 19.9 Å². The first-order valence-electron chi connectivity index (χ1n) is 17.8. The van der Waals surface area contributed by atoms with Gasteiger partial charge in [-0.1, -0.05) is 48.5 Å². The molecular formula is C48H30N6. The van der Waals surface area contributed by atoms with E-state index in [0.29, 0.717) is 0 Å².